The van der Waals surface area contributed by atoms with Crippen molar-refractivity contribution in [1.29, 1.82) is 0 Å². The second-order valence-corrected chi connectivity index (χ2v) is 17.9. The van der Waals surface area contributed by atoms with E-state index in [1.807, 2.05) is 36.4 Å². The number of rotatable bonds is 4. The van der Waals surface area contributed by atoms with Crippen molar-refractivity contribution >= 4 is 56.1 Å². The molecule has 0 amide bonds. The number of benzene rings is 8. The first-order valence-electron chi connectivity index (χ1n) is 23.1. The van der Waals surface area contributed by atoms with Crippen LogP contribution in [0.3, 0.4) is 0 Å². The van der Waals surface area contributed by atoms with E-state index in [1.165, 1.54) is 0 Å². The van der Waals surface area contributed by atoms with Gasteiger partial charge in [0.05, 0.1) is 22.7 Å². The Morgan fingerprint density at radius 3 is 0.941 bits per heavy atom. The molecule has 15 rings (SSSR count). The molecule has 2 spiro atoms. The predicted octanol–water partition coefficient (Wildman–Crippen LogP) is 16.3. The van der Waals surface area contributed by atoms with Crippen molar-refractivity contribution in [3.05, 3.63) is 275 Å². The van der Waals surface area contributed by atoms with Gasteiger partial charge in [-0.2, -0.15) is 0 Å². The monoisotopic (exact) mass is 874 g/mol. The third kappa shape index (κ3) is 4.80. The van der Waals surface area contributed by atoms with Crippen molar-refractivity contribution in [2.75, 3.05) is 9.80 Å². The smallest absolute Gasteiger partial charge is 0.170 e. The van der Waals surface area contributed by atoms with Gasteiger partial charge in [0.25, 0.3) is 0 Å². The van der Waals surface area contributed by atoms with Gasteiger partial charge in [-0.15, -0.1) is 0 Å². The molecule has 0 atom stereocenters. The van der Waals surface area contributed by atoms with Crippen LogP contribution < -0.4 is 9.80 Å². The van der Waals surface area contributed by atoms with Crippen LogP contribution in [-0.2, 0) is 10.8 Å². The number of para-hydroxylation sites is 8. The van der Waals surface area contributed by atoms with Crippen LogP contribution in [0.15, 0.2) is 248 Å². The fourth-order valence-electron chi connectivity index (χ4n) is 11.9. The standard InChI is InChI=1S/C62H38N2O4/c1-3-21-41(22-4-1)63-49-29-13-9-25-43(49)61(44-26-10-14-30-50(44)63)47-37-57(55-35-39-19-7-17-33-53(39)65-55)68-60(47)62(48-38-58(67-59(48)61)56-36-40-20-8-18-34-54(40)66-56)45-27-11-15-31-51(45)64(42-23-5-2-6-24-42)52-32-16-12-28-46(52)62/h1-38H. The van der Waals surface area contributed by atoms with Gasteiger partial charge < -0.3 is 27.5 Å². The van der Waals surface area contributed by atoms with Gasteiger partial charge in [-0.3, -0.25) is 0 Å². The van der Waals surface area contributed by atoms with Crippen LogP contribution in [0.1, 0.15) is 44.9 Å². The third-order valence-electron chi connectivity index (χ3n) is 14.5. The van der Waals surface area contributed by atoms with E-state index in [-0.39, 0.29) is 0 Å². The molecule has 0 unspecified atom stereocenters. The van der Waals surface area contributed by atoms with E-state index in [1.54, 1.807) is 0 Å². The first-order chi connectivity index (χ1) is 33.7. The zero-order valence-corrected chi connectivity index (χ0v) is 36.5. The van der Waals surface area contributed by atoms with Gasteiger partial charge in [-0.25, -0.2) is 0 Å². The summed E-state index contributed by atoms with van der Waals surface area (Å²) < 4.78 is 29.0. The van der Waals surface area contributed by atoms with E-state index in [9.17, 15) is 0 Å². The maximum absolute atomic E-state index is 7.77. The summed E-state index contributed by atoms with van der Waals surface area (Å²) in [6, 6.07) is 81.3. The van der Waals surface area contributed by atoms with E-state index in [4.69, 9.17) is 17.7 Å². The topological polar surface area (TPSA) is 59.0 Å². The van der Waals surface area contributed by atoms with Gasteiger partial charge in [0.2, 0.25) is 0 Å². The molecule has 0 bridgehead atoms. The molecule has 4 aromatic heterocycles. The molecule has 6 nitrogen and oxygen atoms in total. The van der Waals surface area contributed by atoms with Crippen molar-refractivity contribution in [3.63, 3.8) is 0 Å². The number of fused-ring (bicyclic) bond motifs is 16. The lowest BCUT2D eigenvalue weighted by Crippen LogP contribution is -2.48. The molecule has 1 aliphatic carbocycles. The highest BCUT2D eigenvalue weighted by Gasteiger charge is 2.63. The van der Waals surface area contributed by atoms with Crippen LogP contribution in [0.2, 0.25) is 0 Å². The number of anilines is 6. The molecule has 3 aliphatic rings. The first kappa shape index (κ1) is 37.2. The minimum Gasteiger partial charge on any atom is -0.456 e. The molecule has 12 aromatic rings. The van der Waals surface area contributed by atoms with Crippen LogP contribution in [-0.4, -0.2) is 0 Å². The first-order valence-corrected chi connectivity index (χ1v) is 23.1. The van der Waals surface area contributed by atoms with E-state index >= 15 is 0 Å². The number of hydrogen-bond donors (Lipinski definition) is 0. The van der Waals surface area contributed by atoms with Gasteiger partial charge in [-0.05, 0) is 107 Å². The molecule has 0 saturated heterocycles. The molecule has 68 heavy (non-hydrogen) atoms. The molecular weight excluding hydrogens is 837 g/mol. The second-order valence-electron chi connectivity index (χ2n) is 17.9. The van der Waals surface area contributed by atoms with Gasteiger partial charge in [0.1, 0.15) is 33.5 Å². The normalized spacial score (nSPS) is 14.6. The quantitative estimate of drug-likeness (QED) is 0.176. The molecular formula is C62H38N2O4. The Bertz CT molecular complexity index is 3500. The maximum atomic E-state index is 7.77. The maximum Gasteiger partial charge on any atom is 0.170 e. The fraction of sp³-hybridized carbons (Fsp3) is 0.0323. The lowest BCUT2D eigenvalue weighted by molar-refractivity contribution is 0.394. The number of furan rings is 4. The molecule has 6 heteroatoms. The Morgan fingerprint density at radius 2 is 0.574 bits per heavy atom. The van der Waals surface area contributed by atoms with Crippen molar-refractivity contribution in [1.82, 2.24) is 0 Å². The van der Waals surface area contributed by atoms with E-state index in [0.29, 0.717) is 23.0 Å². The summed E-state index contributed by atoms with van der Waals surface area (Å²) in [6.45, 7) is 0. The zero-order valence-electron chi connectivity index (χ0n) is 36.5. The fourth-order valence-corrected chi connectivity index (χ4v) is 11.9. The predicted molar refractivity (Wildman–Crippen MR) is 268 cm³/mol. The van der Waals surface area contributed by atoms with Gasteiger partial charge in [-0.1, -0.05) is 146 Å². The van der Waals surface area contributed by atoms with Crippen molar-refractivity contribution in [2.45, 2.75) is 10.8 Å². The Kier molecular flexibility index (Phi) is 7.54. The Balaban J connectivity index is 1.14. The molecule has 0 N–H and O–H groups in total. The molecule has 8 aromatic carbocycles. The zero-order chi connectivity index (χ0) is 44.6. The Morgan fingerprint density at radius 1 is 0.265 bits per heavy atom. The Hall–Kier alpha value is -9.00. The van der Waals surface area contributed by atoms with Gasteiger partial charge in [0, 0.05) is 33.3 Å². The highest BCUT2D eigenvalue weighted by atomic mass is 16.4. The van der Waals surface area contributed by atoms with Gasteiger partial charge in [0.15, 0.2) is 23.0 Å². The number of hydrogen-bond acceptors (Lipinski definition) is 6. The Labute approximate surface area is 391 Å². The largest absolute Gasteiger partial charge is 0.456 e. The van der Waals surface area contributed by atoms with E-state index in [2.05, 4.69) is 204 Å². The summed E-state index contributed by atoms with van der Waals surface area (Å²) in [5.41, 5.74) is 11.9. The minimum absolute atomic E-state index is 0.633. The summed E-state index contributed by atoms with van der Waals surface area (Å²) >= 11 is 0. The SMILES string of the molecule is c1ccc(N2c3ccccc3C3(c4ccccc42)c2cc(-c4cc5ccccc5o4)oc2C2(c4ccccc4N(c4ccccc4)c4ccccc42)c2cc(-c4cc5ccccc5o4)oc23)cc1. The average molecular weight is 875 g/mol. The lowest BCUT2D eigenvalue weighted by Gasteiger charge is -2.52. The van der Waals surface area contributed by atoms with Crippen molar-refractivity contribution in [2.24, 2.45) is 0 Å². The number of nitrogens with zero attached hydrogens (tertiary/aromatic N) is 2. The van der Waals surface area contributed by atoms with E-state index in [0.717, 1.165) is 101 Å². The van der Waals surface area contributed by atoms with Crippen molar-refractivity contribution in [3.8, 4) is 23.0 Å². The summed E-state index contributed by atoms with van der Waals surface area (Å²) in [4.78, 5) is 4.76. The molecule has 6 heterocycles. The van der Waals surface area contributed by atoms with Crippen molar-refractivity contribution < 1.29 is 17.7 Å². The van der Waals surface area contributed by atoms with Crippen LogP contribution in [0.25, 0.3) is 45.0 Å². The summed E-state index contributed by atoms with van der Waals surface area (Å²) in [5, 5.41) is 2.00. The summed E-state index contributed by atoms with van der Waals surface area (Å²) in [7, 11) is 0. The van der Waals surface area contributed by atoms with Gasteiger partial charge >= 0.3 is 0 Å². The second kappa shape index (κ2) is 13.8. The van der Waals surface area contributed by atoms with Crippen LogP contribution >= 0.6 is 0 Å². The molecule has 0 fully saturated rings. The lowest BCUT2D eigenvalue weighted by atomic mass is 9.53. The molecule has 0 saturated carbocycles. The summed E-state index contributed by atoms with van der Waals surface area (Å²) in [5.74, 6) is 4.15. The summed E-state index contributed by atoms with van der Waals surface area (Å²) in [6.07, 6.45) is 0. The highest BCUT2D eigenvalue weighted by molar-refractivity contribution is 5.96. The van der Waals surface area contributed by atoms with Crippen LogP contribution in [0.5, 0.6) is 0 Å². The highest BCUT2D eigenvalue weighted by Crippen LogP contribution is 2.69. The third-order valence-corrected chi connectivity index (χ3v) is 14.5. The minimum atomic E-state index is -1.05. The van der Waals surface area contributed by atoms with E-state index < -0.39 is 10.8 Å². The van der Waals surface area contributed by atoms with Crippen LogP contribution in [0.4, 0.5) is 34.1 Å². The average Bonchev–Trinajstić information content (AvgIpc) is 4.24. The van der Waals surface area contributed by atoms with Crippen LogP contribution in [0, 0.1) is 0 Å². The molecule has 320 valence electrons. The molecule has 2 aliphatic heterocycles. The molecule has 0 radical (unpaired) electrons.